The van der Waals surface area contributed by atoms with Gasteiger partial charge in [-0.25, -0.2) is 0 Å². The highest BCUT2D eigenvalue weighted by atomic mass is 16.5. The van der Waals surface area contributed by atoms with Crippen LogP contribution in [0, 0.1) is 6.92 Å². The monoisotopic (exact) mass is 367 g/mol. The molecule has 1 aliphatic heterocycles. The van der Waals surface area contributed by atoms with Crippen molar-refractivity contribution < 1.29 is 14.3 Å². The number of hydrogen-bond donors (Lipinski definition) is 2. The van der Waals surface area contributed by atoms with Crippen molar-refractivity contribution >= 4 is 28.9 Å². The molecule has 142 valence electrons. The lowest BCUT2D eigenvalue weighted by molar-refractivity contribution is -0.133. The predicted octanol–water partition coefficient (Wildman–Crippen LogP) is 3.57. The van der Waals surface area contributed by atoms with Crippen LogP contribution >= 0.6 is 0 Å². The fourth-order valence-corrected chi connectivity index (χ4v) is 3.19. The first-order chi connectivity index (χ1) is 13.1. The van der Waals surface area contributed by atoms with Gasteiger partial charge in [-0.15, -0.1) is 0 Å². The third kappa shape index (κ3) is 4.78. The van der Waals surface area contributed by atoms with Crippen LogP contribution in [0.3, 0.4) is 0 Å². The van der Waals surface area contributed by atoms with Crippen molar-refractivity contribution in [2.24, 2.45) is 0 Å². The van der Waals surface area contributed by atoms with Crippen molar-refractivity contribution in [3.05, 3.63) is 48.0 Å². The highest BCUT2D eigenvalue weighted by Gasteiger charge is 2.17. The molecule has 3 rings (SSSR count). The third-order valence-electron chi connectivity index (χ3n) is 4.66. The number of carbonyl (C=O) groups is 2. The van der Waals surface area contributed by atoms with Crippen LogP contribution in [0.1, 0.15) is 24.8 Å². The van der Waals surface area contributed by atoms with Gasteiger partial charge in [0.25, 0.3) is 0 Å². The lowest BCUT2D eigenvalue weighted by Gasteiger charge is -2.28. The van der Waals surface area contributed by atoms with Gasteiger partial charge in [-0.3, -0.25) is 9.59 Å². The Morgan fingerprint density at radius 3 is 2.26 bits per heavy atom. The maximum absolute atomic E-state index is 12.2. The standard InChI is InChI=1S/C21H25N3O3/c1-15-6-11-19(27-2)18(14-15)23-21(26)20(25)22-16-7-9-17(10-8-16)24-12-4-3-5-13-24/h6-11,14H,3-5,12-13H2,1-2H3,(H,22,25)(H,23,26). The summed E-state index contributed by atoms with van der Waals surface area (Å²) in [7, 11) is 1.52. The number of aryl methyl sites for hydroxylation is 1. The molecule has 1 fully saturated rings. The minimum Gasteiger partial charge on any atom is -0.495 e. The van der Waals surface area contributed by atoms with Crippen LogP contribution in [0.4, 0.5) is 17.1 Å². The summed E-state index contributed by atoms with van der Waals surface area (Å²) < 4.78 is 5.22. The van der Waals surface area contributed by atoms with E-state index < -0.39 is 11.8 Å². The van der Waals surface area contributed by atoms with E-state index in [9.17, 15) is 9.59 Å². The Labute approximate surface area is 159 Å². The SMILES string of the molecule is COc1ccc(C)cc1NC(=O)C(=O)Nc1ccc(N2CCCCC2)cc1. The molecule has 2 aromatic carbocycles. The second-order valence-corrected chi connectivity index (χ2v) is 6.71. The summed E-state index contributed by atoms with van der Waals surface area (Å²) in [5, 5.41) is 5.24. The van der Waals surface area contributed by atoms with Gasteiger partial charge in [-0.2, -0.15) is 0 Å². The summed E-state index contributed by atoms with van der Waals surface area (Å²) in [4.78, 5) is 26.8. The first kappa shape index (κ1) is 18.8. The van der Waals surface area contributed by atoms with Gasteiger partial charge >= 0.3 is 11.8 Å². The van der Waals surface area contributed by atoms with Gasteiger partial charge in [0.05, 0.1) is 12.8 Å². The number of anilines is 3. The Hall–Kier alpha value is -3.02. The highest BCUT2D eigenvalue weighted by molar-refractivity contribution is 6.43. The van der Waals surface area contributed by atoms with Crippen molar-refractivity contribution in [2.45, 2.75) is 26.2 Å². The summed E-state index contributed by atoms with van der Waals surface area (Å²) in [6, 6.07) is 13.0. The van der Waals surface area contributed by atoms with E-state index in [1.54, 1.807) is 12.1 Å². The van der Waals surface area contributed by atoms with E-state index in [4.69, 9.17) is 4.74 Å². The number of nitrogens with one attached hydrogen (secondary N) is 2. The van der Waals surface area contributed by atoms with Crippen LogP contribution < -0.4 is 20.3 Å². The number of nitrogens with zero attached hydrogens (tertiary/aromatic N) is 1. The van der Waals surface area contributed by atoms with Crippen LogP contribution in [-0.2, 0) is 9.59 Å². The van der Waals surface area contributed by atoms with Crippen molar-refractivity contribution in [3.8, 4) is 5.75 Å². The molecule has 1 aliphatic rings. The van der Waals surface area contributed by atoms with E-state index in [0.717, 1.165) is 24.3 Å². The van der Waals surface area contributed by atoms with Crippen molar-refractivity contribution in [2.75, 3.05) is 35.7 Å². The summed E-state index contributed by atoms with van der Waals surface area (Å²) in [5.74, 6) is -0.948. The Bertz CT molecular complexity index is 812. The van der Waals surface area contributed by atoms with Gasteiger partial charge in [0.15, 0.2) is 0 Å². The Morgan fingerprint density at radius 2 is 1.59 bits per heavy atom. The molecule has 0 atom stereocenters. The van der Waals surface area contributed by atoms with E-state index in [1.165, 1.54) is 26.4 Å². The molecule has 6 heteroatoms. The maximum Gasteiger partial charge on any atom is 0.314 e. The molecule has 2 N–H and O–H groups in total. The molecular formula is C21H25N3O3. The highest BCUT2D eigenvalue weighted by Crippen LogP contribution is 2.25. The van der Waals surface area contributed by atoms with Crippen LogP contribution in [0.2, 0.25) is 0 Å². The average Bonchev–Trinajstić information content (AvgIpc) is 2.69. The zero-order chi connectivity index (χ0) is 19.2. The second-order valence-electron chi connectivity index (χ2n) is 6.71. The molecule has 27 heavy (non-hydrogen) atoms. The van der Waals surface area contributed by atoms with Crippen molar-refractivity contribution in [1.29, 1.82) is 0 Å². The van der Waals surface area contributed by atoms with Crippen LogP contribution in [0.25, 0.3) is 0 Å². The molecule has 1 heterocycles. The minimum absolute atomic E-state index is 0.470. The first-order valence-corrected chi connectivity index (χ1v) is 9.19. The number of amides is 2. The Morgan fingerprint density at radius 1 is 0.926 bits per heavy atom. The molecule has 1 saturated heterocycles. The number of carbonyl (C=O) groups excluding carboxylic acids is 2. The minimum atomic E-state index is -0.737. The average molecular weight is 367 g/mol. The van der Waals surface area contributed by atoms with Crippen molar-refractivity contribution in [1.82, 2.24) is 0 Å². The zero-order valence-electron chi connectivity index (χ0n) is 15.7. The molecule has 2 amide bonds. The molecular weight excluding hydrogens is 342 g/mol. The molecule has 0 unspecified atom stereocenters. The van der Waals surface area contributed by atoms with Crippen molar-refractivity contribution in [3.63, 3.8) is 0 Å². The zero-order valence-corrected chi connectivity index (χ0v) is 15.7. The normalized spacial score (nSPS) is 13.8. The molecule has 2 aromatic rings. The number of piperidine rings is 1. The summed E-state index contributed by atoms with van der Waals surface area (Å²) in [6.07, 6.45) is 3.70. The Kier molecular flexibility index (Phi) is 5.96. The van der Waals surface area contributed by atoms with Crippen LogP contribution in [-0.4, -0.2) is 32.0 Å². The molecule has 0 bridgehead atoms. The van der Waals surface area contributed by atoms with Gasteiger partial charge < -0.3 is 20.3 Å². The molecule has 6 nitrogen and oxygen atoms in total. The lowest BCUT2D eigenvalue weighted by Crippen LogP contribution is -2.30. The van der Waals surface area contributed by atoms with E-state index in [-0.39, 0.29) is 0 Å². The van der Waals surface area contributed by atoms with E-state index in [1.807, 2.05) is 37.3 Å². The van der Waals surface area contributed by atoms with E-state index >= 15 is 0 Å². The number of hydrogen-bond acceptors (Lipinski definition) is 4. The summed E-state index contributed by atoms with van der Waals surface area (Å²) >= 11 is 0. The second kappa shape index (κ2) is 8.58. The molecule has 0 aliphatic carbocycles. The van der Waals surface area contributed by atoms with Crippen LogP contribution in [0.5, 0.6) is 5.75 Å². The Balaban J connectivity index is 1.61. The molecule has 0 spiro atoms. The number of methoxy groups -OCH3 is 1. The number of benzene rings is 2. The fraction of sp³-hybridized carbons (Fsp3) is 0.333. The van der Waals surface area contributed by atoms with E-state index in [0.29, 0.717) is 17.1 Å². The quantitative estimate of drug-likeness (QED) is 0.811. The molecule has 0 radical (unpaired) electrons. The smallest absolute Gasteiger partial charge is 0.314 e. The largest absolute Gasteiger partial charge is 0.495 e. The van der Waals surface area contributed by atoms with E-state index in [2.05, 4.69) is 15.5 Å². The maximum atomic E-state index is 12.2. The summed E-state index contributed by atoms with van der Waals surface area (Å²) in [5.41, 5.74) is 3.16. The number of rotatable bonds is 4. The summed E-state index contributed by atoms with van der Waals surface area (Å²) in [6.45, 7) is 4.03. The molecule has 0 saturated carbocycles. The third-order valence-corrected chi connectivity index (χ3v) is 4.66. The van der Waals surface area contributed by atoms with Gasteiger partial charge in [0.1, 0.15) is 5.75 Å². The predicted molar refractivity (Wildman–Crippen MR) is 107 cm³/mol. The van der Waals surface area contributed by atoms with Gasteiger partial charge in [0.2, 0.25) is 0 Å². The van der Waals surface area contributed by atoms with Gasteiger partial charge in [-0.05, 0) is 68.1 Å². The van der Waals surface area contributed by atoms with Crippen LogP contribution in [0.15, 0.2) is 42.5 Å². The number of ether oxygens (including phenoxy) is 1. The van der Waals surface area contributed by atoms with Gasteiger partial charge in [-0.1, -0.05) is 6.07 Å². The lowest BCUT2D eigenvalue weighted by atomic mass is 10.1. The topological polar surface area (TPSA) is 70.7 Å². The molecule has 0 aromatic heterocycles. The first-order valence-electron chi connectivity index (χ1n) is 9.19. The fourth-order valence-electron chi connectivity index (χ4n) is 3.19. The van der Waals surface area contributed by atoms with Gasteiger partial charge in [0, 0.05) is 24.5 Å².